The van der Waals surface area contributed by atoms with E-state index in [4.69, 9.17) is 10.7 Å². The second-order valence-electron chi connectivity index (χ2n) is 8.84. The molecule has 5 rings (SSSR count). The van der Waals surface area contributed by atoms with Gasteiger partial charge in [-0.1, -0.05) is 30.3 Å². The van der Waals surface area contributed by atoms with Crippen molar-refractivity contribution in [2.24, 2.45) is 10.7 Å². The summed E-state index contributed by atoms with van der Waals surface area (Å²) in [5.41, 5.74) is 11.7. The molecule has 0 saturated heterocycles. The number of nitrogens with zero attached hydrogens (tertiary/aromatic N) is 3. The van der Waals surface area contributed by atoms with Gasteiger partial charge in [0.05, 0.1) is 21.9 Å². The summed E-state index contributed by atoms with van der Waals surface area (Å²) in [6, 6.07) is 17.8. The highest BCUT2D eigenvalue weighted by atomic mass is 16.6. The Morgan fingerprint density at radius 1 is 1.14 bits per heavy atom. The van der Waals surface area contributed by atoms with Gasteiger partial charge in [-0.05, 0) is 41.3 Å². The molecule has 1 aliphatic heterocycles. The van der Waals surface area contributed by atoms with Crippen molar-refractivity contribution < 1.29 is 14.8 Å². The lowest BCUT2D eigenvalue weighted by Gasteiger charge is -2.28. The molecule has 9 nitrogen and oxygen atoms in total. The first-order valence-electron chi connectivity index (χ1n) is 11.6. The van der Waals surface area contributed by atoms with Gasteiger partial charge in [-0.15, -0.1) is 0 Å². The summed E-state index contributed by atoms with van der Waals surface area (Å²) in [6.07, 6.45) is 0.726. The lowest BCUT2D eigenvalue weighted by molar-refractivity contribution is -0.384. The number of H-pyrrole nitrogens is 1. The Bertz CT molecular complexity index is 1520. The van der Waals surface area contributed by atoms with E-state index in [1.54, 1.807) is 13.0 Å². The minimum atomic E-state index is -0.464. The van der Waals surface area contributed by atoms with Crippen molar-refractivity contribution in [2.75, 3.05) is 6.54 Å². The number of nitro groups is 1. The molecule has 4 N–H and O–H groups in total. The molecular weight excluding hydrogens is 458 g/mol. The number of aliphatic imine (C=N–C) groups is 1. The molecule has 0 atom stereocenters. The Labute approximate surface area is 207 Å². The number of aromatic amines is 1. The lowest BCUT2D eigenvalue weighted by Crippen LogP contribution is -2.34. The van der Waals surface area contributed by atoms with Crippen LogP contribution >= 0.6 is 0 Å². The maximum absolute atomic E-state index is 11.8. The summed E-state index contributed by atoms with van der Waals surface area (Å²) in [5.74, 6) is -0.0722. The van der Waals surface area contributed by atoms with Gasteiger partial charge in [0.15, 0.2) is 5.88 Å². The third-order valence-electron chi connectivity index (χ3n) is 6.56. The number of aromatic nitrogens is 1. The van der Waals surface area contributed by atoms with Crippen LogP contribution in [-0.2, 0) is 24.3 Å². The van der Waals surface area contributed by atoms with Crippen LogP contribution in [0.2, 0.25) is 0 Å². The number of nitro benzene ring substituents is 1. The van der Waals surface area contributed by atoms with E-state index in [0.29, 0.717) is 47.5 Å². The minimum absolute atomic E-state index is 0.0508. The average molecular weight is 484 g/mol. The van der Waals surface area contributed by atoms with Crippen LogP contribution in [0.25, 0.3) is 10.9 Å². The molecule has 182 valence electrons. The van der Waals surface area contributed by atoms with Crippen LogP contribution < -0.4 is 5.73 Å². The third kappa shape index (κ3) is 4.32. The predicted molar refractivity (Wildman–Crippen MR) is 137 cm³/mol. The van der Waals surface area contributed by atoms with Crippen molar-refractivity contribution in [1.82, 2.24) is 9.88 Å². The fourth-order valence-corrected chi connectivity index (χ4v) is 4.59. The summed E-state index contributed by atoms with van der Waals surface area (Å²) >= 11 is 0. The highest BCUT2D eigenvalue weighted by Gasteiger charge is 2.22. The van der Waals surface area contributed by atoms with Crippen LogP contribution in [0.5, 0.6) is 5.88 Å². The molecule has 3 aromatic carbocycles. The number of aromatic hydroxyl groups is 1. The van der Waals surface area contributed by atoms with Crippen LogP contribution in [0.4, 0.5) is 11.4 Å². The Morgan fingerprint density at radius 3 is 2.61 bits per heavy atom. The quantitative estimate of drug-likeness (QED) is 0.221. The number of hydrogen-bond acceptors (Lipinski definition) is 6. The molecule has 0 fully saturated rings. The zero-order valence-corrected chi connectivity index (χ0v) is 19.7. The van der Waals surface area contributed by atoms with E-state index in [9.17, 15) is 20.0 Å². The molecule has 0 bridgehead atoms. The van der Waals surface area contributed by atoms with E-state index in [-0.39, 0.29) is 17.5 Å². The van der Waals surface area contributed by atoms with E-state index >= 15 is 0 Å². The van der Waals surface area contributed by atoms with Crippen LogP contribution in [-0.4, -0.2) is 38.1 Å². The van der Waals surface area contributed by atoms with Gasteiger partial charge in [0.2, 0.25) is 5.91 Å². The van der Waals surface area contributed by atoms with Crippen molar-refractivity contribution in [3.8, 4) is 5.88 Å². The summed E-state index contributed by atoms with van der Waals surface area (Å²) in [5, 5.41) is 22.8. The molecule has 0 unspecified atom stereocenters. The molecule has 0 aliphatic carbocycles. The molecule has 9 heteroatoms. The van der Waals surface area contributed by atoms with Gasteiger partial charge >= 0.3 is 0 Å². The maximum atomic E-state index is 11.8. The molecule has 4 aromatic rings. The van der Waals surface area contributed by atoms with Crippen molar-refractivity contribution in [3.05, 3.63) is 98.6 Å². The lowest BCUT2D eigenvalue weighted by atomic mass is 9.97. The molecule has 0 radical (unpaired) electrons. The molecule has 36 heavy (non-hydrogen) atoms. The Kier molecular flexibility index (Phi) is 5.99. The van der Waals surface area contributed by atoms with Gasteiger partial charge in [-0.25, -0.2) is 4.99 Å². The fourth-order valence-electron chi connectivity index (χ4n) is 4.59. The van der Waals surface area contributed by atoms with Gasteiger partial charge in [0.25, 0.3) is 5.69 Å². The van der Waals surface area contributed by atoms with Gasteiger partial charge in [-0.3, -0.25) is 14.9 Å². The van der Waals surface area contributed by atoms with E-state index in [1.165, 1.54) is 12.1 Å². The number of carbonyl (C=O) groups excluding carboxylic acids is 1. The third-order valence-corrected chi connectivity index (χ3v) is 6.56. The van der Waals surface area contributed by atoms with Crippen LogP contribution in [0.1, 0.15) is 34.7 Å². The van der Waals surface area contributed by atoms with Crippen molar-refractivity contribution in [1.29, 1.82) is 0 Å². The van der Waals surface area contributed by atoms with Crippen LogP contribution in [0, 0.1) is 10.1 Å². The van der Waals surface area contributed by atoms with Crippen LogP contribution in [0.15, 0.2) is 65.7 Å². The topological polar surface area (TPSA) is 138 Å². The largest absolute Gasteiger partial charge is 0.494 e. The Balaban J connectivity index is 1.67. The zero-order chi connectivity index (χ0) is 25.4. The van der Waals surface area contributed by atoms with E-state index in [2.05, 4.69) is 4.98 Å². The number of amides is 1. The molecule has 1 amide bonds. The van der Waals surface area contributed by atoms with Crippen molar-refractivity contribution in [2.45, 2.75) is 26.4 Å². The predicted octanol–water partition coefficient (Wildman–Crippen LogP) is 4.31. The first-order valence-corrected chi connectivity index (χ1v) is 11.6. The van der Waals surface area contributed by atoms with Crippen LogP contribution in [0.3, 0.4) is 0 Å². The summed E-state index contributed by atoms with van der Waals surface area (Å²) in [6.45, 7) is 3.17. The standard InChI is InChI=1S/C27H25N5O4/c1-16(33)31-11-10-19-12-21(7-6-20(19)15-31)29-26(18-4-2-17(14-28)3-5-18)25-23-13-22(32(35)36)8-9-24(23)30-27(25)34/h2-9,12-13,30,34H,10-11,14-15,28H2,1H3. The average Bonchev–Trinajstić information content (AvgIpc) is 3.21. The number of fused-ring (bicyclic) bond motifs is 2. The molecule has 1 aromatic heterocycles. The van der Waals surface area contributed by atoms with Gasteiger partial charge in [0.1, 0.15) is 0 Å². The minimum Gasteiger partial charge on any atom is -0.494 e. The number of carbonyl (C=O) groups is 1. The van der Waals surface area contributed by atoms with Gasteiger partial charge in [0, 0.05) is 55.2 Å². The molecule has 0 spiro atoms. The Morgan fingerprint density at radius 2 is 1.92 bits per heavy atom. The summed E-state index contributed by atoms with van der Waals surface area (Å²) < 4.78 is 0. The van der Waals surface area contributed by atoms with E-state index < -0.39 is 4.92 Å². The number of non-ortho nitro benzene ring substituents is 1. The second-order valence-corrected chi connectivity index (χ2v) is 8.84. The fraction of sp³-hybridized carbons (Fsp3) is 0.185. The first-order chi connectivity index (χ1) is 17.3. The van der Waals surface area contributed by atoms with Crippen molar-refractivity contribution >= 4 is 33.9 Å². The summed E-state index contributed by atoms with van der Waals surface area (Å²) in [4.78, 5) is 32.4. The Hall–Kier alpha value is -4.50. The van der Waals surface area contributed by atoms with Gasteiger partial charge < -0.3 is 20.7 Å². The molecule has 1 aliphatic rings. The van der Waals surface area contributed by atoms with Gasteiger partial charge in [-0.2, -0.15) is 0 Å². The second kappa shape index (κ2) is 9.27. The zero-order valence-electron chi connectivity index (χ0n) is 19.7. The SMILES string of the molecule is CC(=O)N1CCc2cc(N=C(c3ccc(CN)cc3)c3c(O)[nH]c4ccc([N+](=O)[O-])cc34)ccc2C1. The number of benzene rings is 3. The molecular formula is C27H25N5O4. The first kappa shape index (κ1) is 23.3. The summed E-state index contributed by atoms with van der Waals surface area (Å²) in [7, 11) is 0. The highest BCUT2D eigenvalue weighted by Crippen LogP contribution is 2.34. The highest BCUT2D eigenvalue weighted by molar-refractivity contribution is 6.22. The number of nitrogens with one attached hydrogen (secondary N) is 1. The normalized spacial score (nSPS) is 13.6. The smallest absolute Gasteiger partial charge is 0.270 e. The van der Waals surface area contributed by atoms with E-state index in [1.807, 2.05) is 47.4 Å². The van der Waals surface area contributed by atoms with E-state index in [0.717, 1.165) is 28.7 Å². The maximum Gasteiger partial charge on any atom is 0.270 e. The molecule has 2 heterocycles. The number of hydrogen-bond donors (Lipinski definition) is 3. The number of rotatable bonds is 5. The number of nitrogens with two attached hydrogens (primary N) is 1. The molecule has 0 saturated carbocycles. The van der Waals surface area contributed by atoms with Crippen molar-refractivity contribution in [3.63, 3.8) is 0 Å². The monoisotopic (exact) mass is 483 g/mol.